The first-order chi connectivity index (χ1) is 17.4. The zero-order valence-corrected chi connectivity index (χ0v) is 20.8. The van der Waals surface area contributed by atoms with Gasteiger partial charge < -0.3 is 9.80 Å². The lowest BCUT2D eigenvalue weighted by atomic mass is 10.0. The molecule has 184 valence electrons. The fourth-order valence-electron chi connectivity index (χ4n) is 5.01. The fourth-order valence-corrected chi connectivity index (χ4v) is 5.01. The maximum Gasteiger partial charge on any atom is 0.266 e. The molecule has 1 saturated heterocycles. The largest absolute Gasteiger partial charge is 0.353 e. The van der Waals surface area contributed by atoms with Crippen molar-refractivity contribution in [2.75, 3.05) is 36.0 Å². The number of para-hydroxylation sites is 1. The Hall–Kier alpha value is -4.07. The van der Waals surface area contributed by atoms with Crippen LogP contribution in [0.1, 0.15) is 61.7 Å². The summed E-state index contributed by atoms with van der Waals surface area (Å²) < 4.78 is 0. The van der Waals surface area contributed by atoms with Crippen LogP contribution >= 0.6 is 0 Å². The van der Waals surface area contributed by atoms with Crippen molar-refractivity contribution in [1.29, 1.82) is 0 Å². The predicted octanol–water partition coefficient (Wildman–Crippen LogP) is 3.67. The summed E-state index contributed by atoms with van der Waals surface area (Å²) in [6, 6.07) is 12.7. The lowest BCUT2D eigenvalue weighted by Gasteiger charge is -2.35. The second kappa shape index (κ2) is 9.53. The lowest BCUT2D eigenvalue weighted by molar-refractivity contribution is 0.0746. The summed E-state index contributed by atoms with van der Waals surface area (Å²) in [5, 5.41) is 0. The first-order valence-electron chi connectivity index (χ1n) is 12.4. The van der Waals surface area contributed by atoms with Crippen molar-refractivity contribution in [3.8, 4) is 0 Å². The highest BCUT2D eigenvalue weighted by molar-refractivity contribution is 6.35. The number of carbonyl (C=O) groups is 3. The van der Waals surface area contributed by atoms with E-state index >= 15 is 0 Å². The van der Waals surface area contributed by atoms with Gasteiger partial charge in [-0.15, -0.1) is 0 Å². The number of carbonyl (C=O) groups excluding carboxylic acids is 3. The molecule has 1 fully saturated rings. The third-order valence-electron chi connectivity index (χ3n) is 7.00. The molecule has 3 amide bonds. The number of rotatable bonds is 5. The van der Waals surface area contributed by atoms with Crippen molar-refractivity contribution >= 4 is 29.2 Å². The minimum Gasteiger partial charge on any atom is -0.353 e. The third-order valence-corrected chi connectivity index (χ3v) is 7.00. The van der Waals surface area contributed by atoms with Gasteiger partial charge >= 0.3 is 0 Å². The molecule has 2 aliphatic heterocycles. The smallest absolute Gasteiger partial charge is 0.266 e. The highest BCUT2D eigenvalue weighted by atomic mass is 16.2. The molecule has 0 radical (unpaired) electrons. The molecule has 5 rings (SSSR count). The molecule has 0 unspecified atom stereocenters. The van der Waals surface area contributed by atoms with Crippen LogP contribution in [-0.4, -0.2) is 58.8 Å². The Bertz CT molecular complexity index is 1340. The standard InChI is InChI=1S/C28H29N5O3/c1-4-19-7-6-8-20(5-2)25(19)33-27(35)22-10-9-21(16-23(22)28(33)36)26(34)32-13-11-31(12-14-32)24-15-18(3)29-17-30-24/h6-10,15-17H,4-5,11-14H2,1-3H3. The zero-order valence-electron chi connectivity index (χ0n) is 20.8. The number of benzene rings is 2. The van der Waals surface area contributed by atoms with E-state index in [1.807, 2.05) is 45.0 Å². The number of aryl methyl sites for hydroxylation is 3. The van der Waals surface area contributed by atoms with Crippen molar-refractivity contribution in [3.63, 3.8) is 0 Å². The van der Waals surface area contributed by atoms with Crippen LogP contribution in [0.4, 0.5) is 11.5 Å². The number of fused-ring (bicyclic) bond motifs is 1. The van der Waals surface area contributed by atoms with Gasteiger partial charge in [0.25, 0.3) is 17.7 Å². The Labute approximate surface area is 210 Å². The summed E-state index contributed by atoms with van der Waals surface area (Å²) in [7, 11) is 0. The Morgan fingerprint density at radius 1 is 0.861 bits per heavy atom. The average molecular weight is 484 g/mol. The van der Waals surface area contributed by atoms with Crippen LogP contribution in [0.25, 0.3) is 0 Å². The average Bonchev–Trinajstić information content (AvgIpc) is 3.16. The first kappa shape index (κ1) is 23.7. The van der Waals surface area contributed by atoms with Gasteiger partial charge in [-0.2, -0.15) is 0 Å². The highest BCUT2D eigenvalue weighted by Crippen LogP contribution is 2.34. The number of nitrogens with zero attached hydrogens (tertiary/aromatic N) is 5. The van der Waals surface area contributed by atoms with E-state index in [4.69, 9.17) is 0 Å². The molecule has 2 aromatic carbocycles. The van der Waals surface area contributed by atoms with Crippen LogP contribution in [0.3, 0.4) is 0 Å². The molecule has 36 heavy (non-hydrogen) atoms. The summed E-state index contributed by atoms with van der Waals surface area (Å²) >= 11 is 0. The molecular formula is C28H29N5O3. The molecule has 8 nitrogen and oxygen atoms in total. The molecule has 2 aliphatic rings. The van der Waals surface area contributed by atoms with Crippen LogP contribution in [0.15, 0.2) is 48.8 Å². The second-order valence-corrected chi connectivity index (χ2v) is 9.13. The van der Waals surface area contributed by atoms with Gasteiger partial charge in [0.1, 0.15) is 12.1 Å². The molecular weight excluding hydrogens is 454 g/mol. The first-order valence-corrected chi connectivity index (χ1v) is 12.4. The van der Waals surface area contributed by atoms with E-state index in [9.17, 15) is 14.4 Å². The van der Waals surface area contributed by atoms with Gasteiger partial charge in [-0.3, -0.25) is 14.4 Å². The normalized spacial score (nSPS) is 15.5. The van der Waals surface area contributed by atoms with Gasteiger partial charge in [0.2, 0.25) is 0 Å². The predicted molar refractivity (Wildman–Crippen MR) is 138 cm³/mol. The SMILES string of the molecule is CCc1cccc(CC)c1N1C(=O)c2ccc(C(=O)N3CCN(c4cc(C)ncn4)CC3)cc2C1=O. The number of amides is 3. The van der Waals surface area contributed by atoms with E-state index in [2.05, 4.69) is 14.9 Å². The van der Waals surface area contributed by atoms with Gasteiger partial charge in [-0.25, -0.2) is 14.9 Å². The summed E-state index contributed by atoms with van der Waals surface area (Å²) in [4.78, 5) is 53.8. The quantitative estimate of drug-likeness (QED) is 0.515. The van der Waals surface area contributed by atoms with Crippen LogP contribution in [0.2, 0.25) is 0 Å². The summed E-state index contributed by atoms with van der Waals surface area (Å²) in [5.74, 6) is 0.0101. The molecule has 3 aromatic rings. The maximum absolute atomic E-state index is 13.5. The lowest BCUT2D eigenvalue weighted by Crippen LogP contribution is -2.49. The van der Waals surface area contributed by atoms with E-state index in [1.165, 1.54) is 4.90 Å². The minimum absolute atomic E-state index is 0.141. The summed E-state index contributed by atoms with van der Waals surface area (Å²) in [6.07, 6.45) is 2.97. The summed E-state index contributed by atoms with van der Waals surface area (Å²) in [6.45, 7) is 8.36. The topological polar surface area (TPSA) is 86.7 Å². The van der Waals surface area contributed by atoms with Crippen molar-refractivity contribution in [3.05, 3.63) is 82.3 Å². The van der Waals surface area contributed by atoms with E-state index in [0.29, 0.717) is 55.8 Å². The Morgan fingerprint density at radius 3 is 2.17 bits per heavy atom. The Balaban J connectivity index is 1.37. The van der Waals surface area contributed by atoms with Gasteiger partial charge in [0.05, 0.1) is 16.8 Å². The van der Waals surface area contributed by atoms with Crippen molar-refractivity contribution < 1.29 is 14.4 Å². The molecule has 0 aliphatic carbocycles. The van der Waals surface area contributed by atoms with Gasteiger partial charge in [-0.1, -0.05) is 32.0 Å². The van der Waals surface area contributed by atoms with Crippen LogP contribution in [-0.2, 0) is 12.8 Å². The number of aromatic nitrogens is 2. The Morgan fingerprint density at radius 2 is 1.53 bits per heavy atom. The molecule has 3 heterocycles. The molecule has 0 bridgehead atoms. The Kier molecular flexibility index (Phi) is 6.26. The maximum atomic E-state index is 13.5. The monoisotopic (exact) mass is 483 g/mol. The van der Waals surface area contributed by atoms with Crippen molar-refractivity contribution in [2.45, 2.75) is 33.6 Å². The zero-order chi connectivity index (χ0) is 25.4. The molecule has 8 heteroatoms. The van der Waals surface area contributed by atoms with E-state index in [-0.39, 0.29) is 23.3 Å². The van der Waals surface area contributed by atoms with E-state index in [1.54, 1.807) is 29.4 Å². The molecule has 1 aromatic heterocycles. The van der Waals surface area contributed by atoms with Gasteiger partial charge in [-0.05, 0) is 49.1 Å². The number of piperazine rings is 1. The number of imide groups is 1. The van der Waals surface area contributed by atoms with E-state index < -0.39 is 0 Å². The van der Waals surface area contributed by atoms with Gasteiger partial charge in [0, 0.05) is 43.5 Å². The fraction of sp³-hybridized carbons (Fsp3) is 0.321. The highest BCUT2D eigenvalue weighted by Gasteiger charge is 2.39. The van der Waals surface area contributed by atoms with Crippen molar-refractivity contribution in [1.82, 2.24) is 14.9 Å². The van der Waals surface area contributed by atoms with Crippen LogP contribution in [0.5, 0.6) is 0 Å². The second-order valence-electron chi connectivity index (χ2n) is 9.13. The van der Waals surface area contributed by atoms with Gasteiger partial charge in [0.15, 0.2) is 0 Å². The molecule has 0 saturated carbocycles. The minimum atomic E-state index is -0.371. The van der Waals surface area contributed by atoms with E-state index in [0.717, 1.165) is 22.6 Å². The number of anilines is 2. The number of hydrogen-bond donors (Lipinski definition) is 0. The van der Waals surface area contributed by atoms with Crippen molar-refractivity contribution in [2.24, 2.45) is 0 Å². The number of hydrogen-bond acceptors (Lipinski definition) is 6. The molecule has 0 atom stereocenters. The molecule has 0 N–H and O–H groups in total. The third kappa shape index (κ3) is 4.02. The summed E-state index contributed by atoms with van der Waals surface area (Å²) in [5.41, 5.74) is 4.54. The van der Waals surface area contributed by atoms with Crippen LogP contribution < -0.4 is 9.80 Å². The van der Waals surface area contributed by atoms with Crippen LogP contribution in [0, 0.1) is 6.92 Å². The molecule has 0 spiro atoms.